The summed E-state index contributed by atoms with van der Waals surface area (Å²) in [4.78, 5) is 22.2. The highest BCUT2D eigenvalue weighted by Gasteiger charge is 2.27. The van der Waals surface area contributed by atoms with E-state index in [0.717, 1.165) is 74.0 Å². The van der Waals surface area contributed by atoms with Gasteiger partial charge in [-0.1, -0.05) is 11.9 Å². The normalized spacial score (nSPS) is 21.0. The Kier molecular flexibility index (Phi) is 6.65. The fraction of sp³-hybridized carbons (Fsp3) is 0.545. The van der Waals surface area contributed by atoms with Crippen molar-refractivity contribution >= 4 is 23.6 Å². The summed E-state index contributed by atoms with van der Waals surface area (Å²) in [6.07, 6.45) is 4.11. The van der Waals surface area contributed by atoms with Gasteiger partial charge < -0.3 is 19.9 Å². The first-order chi connectivity index (χ1) is 14.5. The van der Waals surface area contributed by atoms with Crippen molar-refractivity contribution in [1.29, 1.82) is 0 Å². The fourth-order valence-electron chi connectivity index (χ4n) is 4.18. The van der Waals surface area contributed by atoms with E-state index in [0.29, 0.717) is 11.3 Å². The highest BCUT2D eigenvalue weighted by Crippen LogP contribution is 2.31. The first kappa shape index (κ1) is 21.2. The Bertz CT molecular complexity index is 928. The monoisotopic (exact) mass is 429 g/mol. The molecule has 1 atom stereocenters. The van der Waals surface area contributed by atoms with Crippen LogP contribution in [0.1, 0.15) is 25.3 Å². The van der Waals surface area contributed by atoms with Gasteiger partial charge in [-0.25, -0.2) is 9.29 Å². The average molecular weight is 430 g/mol. The molecule has 162 valence electrons. The molecule has 0 aromatic carbocycles. The van der Waals surface area contributed by atoms with Crippen molar-refractivity contribution in [2.75, 3.05) is 50.1 Å². The summed E-state index contributed by atoms with van der Waals surface area (Å²) in [5, 5.41) is 3.74. The van der Waals surface area contributed by atoms with E-state index in [1.165, 1.54) is 0 Å². The Morgan fingerprint density at radius 3 is 2.77 bits per heavy atom. The molecule has 30 heavy (non-hydrogen) atoms. The molecule has 2 aromatic rings. The Morgan fingerprint density at radius 1 is 1.23 bits per heavy atom. The number of H-pyrrole nitrogens is 1. The fourth-order valence-corrected chi connectivity index (χ4v) is 5.49. The number of aromatic nitrogens is 2. The van der Waals surface area contributed by atoms with Crippen LogP contribution in [-0.4, -0.2) is 65.5 Å². The summed E-state index contributed by atoms with van der Waals surface area (Å²) in [7, 11) is 1.85. The van der Waals surface area contributed by atoms with E-state index in [4.69, 9.17) is 4.74 Å². The van der Waals surface area contributed by atoms with Crippen molar-refractivity contribution < 1.29 is 4.74 Å². The summed E-state index contributed by atoms with van der Waals surface area (Å²) >= 11 is 1.99. The van der Waals surface area contributed by atoms with E-state index in [1.807, 2.05) is 38.2 Å². The van der Waals surface area contributed by atoms with Crippen molar-refractivity contribution in [3.63, 3.8) is 0 Å². The minimum atomic E-state index is -0.0732. The second-order valence-corrected chi connectivity index (χ2v) is 9.49. The van der Waals surface area contributed by atoms with E-state index in [2.05, 4.69) is 37.5 Å². The van der Waals surface area contributed by atoms with Crippen LogP contribution in [-0.2, 0) is 4.74 Å². The van der Waals surface area contributed by atoms with Crippen LogP contribution >= 0.6 is 11.9 Å². The van der Waals surface area contributed by atoms with Gasteiger partial charge in [0.05, 0.1) is 0 Å². The van der Waals surface area contributed by atoms with E-state index in [1.54, 1.807) is 6.07 Å². The van der Waals surface area contributed by atoms with Gasteiger partial charge in [0.15, 0.2) is 0 Å². The highest BCUT2D eigenvalue weighted by atomic mass is 32.2. The van der Waals surface area contributed by atoms with E-state index < -0.39 is 0 Å². The molecule has 2 saturated heterocycles. The van der Waals surface area contributed by atoms with Crippen LogP contribution in [0, 0.1) is 6.92 Å². The minimum absolute atomic E-state index is 0.0732. The number of nitrogens with one attached hydrogen (secondary N) is 2. The predicted octanol–water partition coefficient (Wildman–Crippen LogP) is 3.12. The molecule has 2 aromatic heterocycles. The lowest BCUT2D eigenvalue weighted by Gasteiger charge is -2.41. The lowest BCUT2D eigenvalue weighted by molar-refractivity contribution is 0.0993. The molecule has 0 bridgehead atoms. The molecule has 0 radical (unpaired) electrons. The second-order valence-electron chi connectivity index (χ2n) is 8.10. The molecule has 1 unspecified atom stereocenters. The van der Waals surface area contributed by atoms with Crippen LogP contribution in [0.15, 0.2) is 29.2 Å². The van der Waals surface area contributed by atoms with Gasteiger partial charge in [-0.2, -0.15) is 0 Å². The molecular formula is C22H31N5O2S. The van der Waals surface area contributed by atoms with Crippen LogP contribution in [0.5, 0.6) is 0 Å². The molecule has 2 fully saturated rings. The number of anilines is 2. The number of hydrogen-bond donors (Lipinski definition) is 2. The van der Waals surface area contributed by atoms with Gasteiger partial charge in [0, 0.05) is 63.5 Å². The predicted molar refractivity (Wildman–Crippen MR) is 124 cm³/mol. The molecule has 4 heterocycles. The number of rotatable bonds is 5. The van der Waals surface area contributed by atoms with Crippen LogP contribution in [0.4, 0.5) is 11.6 Å². The van der Waals surface area contributed by atoms with Gasteiger partial charge in [0.1, 0.15) is 11.6 Å². The number of hydrogen-bond acceptors (Lipinski definition) is 7. The third-order valence-electron chi connectivity index (χ3n) is 5.87. The van der Waals surface area contributed by atoms with Crippen LogP contribution in [0.25, 0.3) is 11.1 Å². The third kappa shape index (κ3) is 4.82. The van der Waals surface area contributed by atoms with Gasteiger partial charge in [-0.3, -0.25) is 4.79 Å². The van der Waals surface area contributed by atoms with Crippen LogP contribution < -0.4 is 15.8 Å². The van der Waals surface area contributed by atoms with E-state index in [-0.39, 0.29) is 5.56 Å². The standard InChI is InChI=1S/C22H31N5O2S/c1-15-13-24-20(23-3)12-19(15)17-10-21(25-22(28)11-17)27-7-6-26(14-16(27)2)30-18-4-8-29-9-5-18/h10-13,16,18H,4-9,14H2,1-3H3,(H,23,24)(H,25,28). The number of aryl methyl sites for hydroxylation is 1. The van der Waals surface area contributed by atoms with E-state index in [9.17, 15) is 4.79 Å². The molecule has 8 heteroatoms. The van der Waals surface area contributed by atoms with Crippen molar-refractivity contribution in [1.82, 2.24) is 14.3 Å². The molecule has 0 spiro atoms. The number of piperazine rings is 1. The maximum Gasteiger partial charge on any atom is 0.250 e. The number of pyridine rings is 2. The molecule has 2 aliphatic rings. The summed E-state index contributed by atoms with van der Waals surface area (Å²) < 4.78 is 7.98. The largest absolute Gasteiger partial charge is 0.381 e. The van der Waals surface area contributed by atoms with Crippen LogP contribution in [0.2, 0.25) is 0 Å². The summed E-state index contributed by atoms with van der Waals surface area (Å²) in [6, 6.07) is 6.09. The number of ether oxygens (including phenoxy) is 1. The van der Waals surface area contributed by atoms with Gasteiger partial charge in [-0.05, 0) is 55.5 Å². The van der Waals surface area contributed by atoms with Crippen molar-refractivity contribution in [3.05, 3.63) is 40.3 Å². The SMILES string of the molecule is CNc1cc(-c2cc(N3CCN(SC4CCOCC4)CC3C)[nH]c(=O)c2)c(C)cn1. The second kappa shape index (κ2) is 9.41. The quantitative estimate of drug-likeness (QED) is 0.708. The zero-order valence-electron chi connectivity index (χ0n) is 18.0. The summed E-state index contributed by atoms with van der Waals surface area (Å²) in [6.45, 7) is 8.88. The topological polar surface area (TPSA) is 73.5 Å². The van der Waals surface area contributed by atoms with Crippen LogP contribution in [0.3, 0.4) is 0 Å². The van der Waals surface area contributed by atoms with Gasteiger partial charge in [-0.15, -0.1) is 0 Å². The van der Waals surface area contributed by atoms with Crippen molar-refractivity contribution in [2.45, 2.75) is 38.0 Å². The first-order valence-corrected chi connectivity index (χ1v) is 11.5. The smallest absolute Gasteiger partial charge is 0.250 e. The molecule has 0 aliphatic carbocycles. The Hall–Kier alpha value is -2.03. The molecule has 0 amide bonds. The molecular weight excluding hydrogens is 398 g/mol. The Balaban J connectivity index is 1.51. The Morgan fingerprint density at radius 2 is 2.03 bits per heavy atom. The molecule has 2 aliphatic heterocycles. The first-order valence-electron chi connectivity index (χ1n) is 10.7. The maximum absolute atomic E-state index is 12.5. The minimum Gasteiger partial charge on any atom is -0.381 e. The number of aromatic amines is 1. The zero-order valence-corrected chi connectivity index (χ0v) is 18.8. The van der Waals surface area contributed by atoms with Gasteiger partial charge in [0.2, 0.25) is 5.56 Å². The maximum atomic E-state index is 12.5. The van der Waals surface area contributed by atoms with Crippen molar-refractivity contribution in [2.24, 2.45) is 0 Å². The van der Waals surface area contributed by atoms with Gasteiger partial charge in [0.25, 0.3) is 0 Å². The lowest BCUT2D eigenvalue weighted by Crippen LogP contribution is -2.50. The molecule has 2 N–H and O–H groups in total. The third-order valence-corrected chi connectivity index (χ3v) is 7.27. The average Bonchev–Trinajstić information content (AvgIpc) is 2.74. The lowest BCUT2D eigenvalue weighted by atomic mass is 10.0. The number of nitrogens with zero attached hydrogens (tertiary/aromatic N) is 3. The summed E-state index contributed by atoms with van der Waals surface area (Å²) in [5.74, 6) is 1.69. The summed E-state index contributed by atoms with van der Waals surface area (Å²) in [5.41, 5.74) is 2.94. The zero-order chi connectivity index (χ0) is 21.1. The molecule has 4 rings (SSSR count). The van der Waals surface area contributed by atoms with Gasteiger partial charge >= 0.3 is 0 Å². The molecule has 0 saturated carbocycles. The van der Waals surface area contributed by atoms with E-state index >= 15 is 0 Å². The molecule has 7 nitrogen and oxygen atoms in total. The highest BCUT2D eigenvalue weighted by molar-refractivity contribution is 7.97. The Labute approximate surface area is 182 Å². The van der Waals surface area contributed by atoms with Crippen molar-refractivity contribution in [3.8, 4) is 11.1 Å².